The summed E-state index contributed by atoms with van der Waals surface area (Å²) in [5, 5.41) is 1.29. The maximum Gasteiger partial charge on any atom is 0.280 e. The molecule has 2 rings (SSSR count). The van der Waals surface area contributed by atoms with Gasteiger partial charge in [0.15, 0.2) is 0 Å². The lowest BCUT2D eigenvalue weighted by atomic mass is 10.1. The molecule has 0 spiro atoms. The topological polar surface area (TPSA) is 55.6 Å². The van der Waals surface area contributed by atoms with Gasteiger partial charge in [-0.25, -0.2) is 5.06 Å². The van der Waals surface area contributed by atoms with Crippen molar-refractivity contribution in [1.29, 1.82) is 0 Å². The number of hydroxylamine groups is 2. The highest BCUT2D eigenvalue weighted by molar-refractivity contribution is 6.02. The fraction of sp³-hybridized carbons (Fsp3) is 0.222. The van der Waals surface area contributed by atoms with Gasteiger partial charge in [-0.3, -0.25) is 9.63 Å². The van der Waals surface area contributed by atoms with Crippen molar-refractivity contribution in [3.8, 4) is 0 Å². The molecule has 1 aromatic carbocycles. The zero-order chi connectivity index (χ0) is 9.42. The van der Waals surface area contributed by atoms with E-state index >= 15 is 0 Å². The van der Waals surface area contributed by atoms with Gasteiger partial charge in [0.2, 0.25) is 0 Å². The number of nitrogens with zero attached hydrogens (tertiary/aromatic N) is 1. The second kappa shape index (κ2) is 2.74. The van der Waals surface area contributed by atoms with E-state index in [1.807, 2.05) is 12.1 Å². The van der Waals surface area contributed by atoms with Crippen molar-refractivity contribution < 1.29 is 9.63 Å². The van der Waals surface area contributed by atoms with Crippen LogP contribution >= 0.6 is 0 Å². The predicted octanol–water partition coefficient (Wildman–Crippen LogP) is 0.786. The number of rotatable bonds is 1. The Hall–Kier alpha value is -1.55. The van der Waals surface area contributed by atoms with Gasteiger partial charge in [0.25, 0.3) is 5.91 Å². The van der Waals surface area contributed by atoms with E-state index < -0.39 is 0 Å². The van der Waals surface area contributed by atoms with E-state index in [2.05, 4.69) is 0 Å². The average Bonchev–Trinajstić information content (AvgIpc) is 2.44. The Balaban J connectivity index is 2.50. The summed E-state index contributed by atoms with van der Waals surface area (Å²) in [4.78, 5) is 16.5. The highest BCUT2D eigenvalue weighted by Crippen LogP contribution is 2.26. The molecular formula is C9H10N2O2. The minimum atomic E-state index is -0.157. The number of fused-ring (bicyclic) bond motifs is 1. The first-order valence-electron chi connectivity index (χ1n) is 3.97. The van der Waals surface area contributed by atoms with E-state index in [4.69, 9.17) is 10.6 Å². The molecule has 1 amide bonds. The smallest absolute Gasteiger partial charge is 0.280 e. The summed E-state index contributed by atoms with van der Waals surface area (Å²) < 4.78 is 0. The molecule has 1 aromatic rings. The van der Waals surface area contributed by atoms with E-state index in [1.54, 1.807) is 6.07 Å². The van der Waals surface area contributed by atoms with Crippen LogP contribution in [0.2, 0.25) is 0 Å². The SMILES string of the molecule is CON1Cc2cccc(N)c2C1=O. The van der Waals surface area contributed by atoms with Gasteiger partial charge in [0.05, 0.1) is 19.2 Å². The molecular weight excluding hydrogens is 168 g/mol. The number of carbonyl (C=O) groups excluding carboxylic acids is 1. The van der Waals surface area contributed by atoms with Crippen molar-refractivity contribution in [1.82, 2.24) is 5.06 Å². The molecule has 4 heteroatoms. The fourth-order valence-electron chi connectivity index (χ4n) is 1.51. The van der Waals surface area contributed by atoms with Crippen molar-refractivity contribution in [2.24, 2.45) is 0 Å². The molecule has 0 unspecified atom stereocenters. The number of benzene rings is 1. The zero-order valence-corrected chi connectivity index (χ0v) is 7.28. The number of hydrogen-bond acceptors (Lipinski definition) is 3. The Bertz CT molecular complexity index is 363. The van der Waals surface area contributed by atoms with Crippen LogP contribution in [0.4, 0.5) is 5.69 Å². The number of amides is 1. The second-order valence-electron chi connectivity index (χ2n) is 2.91. The molecule has 0 saturated heterocycles. The zero-order valence-electron chi connectivity index (χ0n) is 7.28. The summed E-state index contributed by atoms with van der Waals surface area (Å²) in [5.74, 6) is -0.157. The number of carbonyl (C=O) groups is 1. The lowest BCUT2D eigenvalue weighted by molar-refractivity contribution is -0.0956. The Morgan fingerprint density at radius 1 is 1.54 bits per heavy atom. The summed E-state index contributed by atoms with van der Waals surface area (Å²) in [6.45, 7) is 0.482. The minimum absolute atomic E-state index is 0.157. The van der Waals surface area contributed by atoms with E-state index in [1.165, 1.54) is 12.2 Å². The molecule has 0 saturated carbocycles. The van der Waals surface area contributed by atoms with Crippen LogP contribution in [0.5, 0.6) is 0 Å². The first-order chi connectivity index (χ1) is 6.24. The van der Waals surface area contributed by atoms with Crippen LogP contribution in [-0.2, 0) is 11.4 Å². The molecule has 0 atom stereocenters. The maximum absolute atomic E-state index is 11.6. The van der Waals surface area contributed by atoms with Gasteiger partial charge in [-0.1, -0.05) is 12.1 Å². The van der Waals surface area contributed by atoms with Crippen LogP contribution in [0.1, 0.15) is 15.9 Å². The lowest BCUT2D eigenvalue weighted by Gasteiger charge is -2.10. The standard InChI is InChI=1S/C9H10N2O2/c1-13-11-5-6-3-2-4-7(10)8(6)9(11)12/h2-4H,5,10H2,1H3. The molecule has 0 aromatic heterocycles. The number of hydrogen-bond donors (Lipinski definition) is 1. The minimum Gasteiger partial charge on any atom is -0.398 e. The van der Waals surface area contributed by atoms with Crippen molar-refractivity contribution in [3.05, 3.63) is 29.3 Å². The summed E-state index contributed by atoms with van der Waals surface area (Å²) in [5.41, 5.74) is 7.69. The Morgan fingerprint density at radius 3 is 2.92 bits per heavy atom. The molecule has 4 nitrogen and oxygen atoms in total. The first kappa shape index (κ1) is 8.07. The summed E-state index contributed by atoms with van der Waals surface area (Å²) in [7, 11) is 1.47. The van der Waals surface area contributed by atoms with Gasteiger partial charge in [-0.2, -0.15) is 0 Å². The summed E-state index contributed by atoms with van der Waals surface area (Å²) >= 11 is 0. The van der Waals surface area contributed by atoms with Crippen LogP contribution in [0.3, 0.4) is 0 Å². The Morgan fingerprint density at radius 2 is 2.31 bits per heavy atom. The average molecular weight is 178 g/mol. The predicted molar refractivity (Wildman–Crippen MR) is 47.7 cm³/mol. The Labute approximate surface area is 75.8 Å². The van der Waals surface area contributed by atoms with Gasteiger partial charge in [-0.05, 0) is 11.6 Å². The van der Waals surface area contributed by atoms with Crippen molar-refractivity contribution in [2.75, 3.05) is 12.8 Å². The fourth-order valence-corrected chi connectivity index (χ4v) is 1.51. The van der Waals surface area contributed by atoms with Gasteiger partial charge < -0.3 is 5.73 Å². The molecule has 68 valence electrons. The van der Waals surface area contributed by atoms with E-state index in [-0.39, 0.29) is 5.91 Å². The van der Waals surface area contributed by atoms with Crippen LogP contribution in [0.25, 0.3) is 0 Å². The Kier molecular flexibility index (Phi) is 1.70. The monoisotopic (exact) mass is 178 g/mol. The molecule has 13 heavy (non-hydrogen) atoms. The van der Waals surface area contributed by atoms with Gasteiger partial charge in [0, 0.05) is 5.69 Å². The lowest BCUT2D eigenvalue weighted by Crippen LogP contribution is -2.22. The molecule has 2 N–H and O–H groups in total. The van der Waals surface area contributed by atoms with Gasteiger partial charge in [0.1, 0.15) is 0 Å². The first-order valence-corrected chi connectivity index (χ1v) is 3.97. The van der Waals surface area contributed by atoms with Gasteiger partial charge >= 0.3 is 0 Å². The molecule has 0 radical (unpaired) electrons. The third-order valence-corrected chi connectivity index (χ3v) is 2.16. The molecule has 0 aliphatic carbocycles. The summed E-state index contributed by atoms with van der Waals surface area (Å²) in [6, 6.07) is 5.43. The molecule has 0 fully saturated rings. The third kappa shape index (κ3) is 1.07. The van der Waals surface area contributed by atoms with Crippen molar-refractivity contribution >= 4 is 11.6 Å². The molecule has 1 aliphatic rings. The third-order valence-electron chi connectivity index (χ3n) is 2.16. The quantitative estimate of drug-likeness (QED) is 0.647. The highest BCUT2D eigenvalue weighted by atomic mass is 16.7. The second-order valence-corrected chi connectivity index (χ2v) is 2.91. The molecule has 0 bridgehead atoms. The number of nitrogens with two attached hydrogens (primary N) is 1. The van der Waals surface area contributed by atoms with E-state index in [9.17, 15) is 4.79 Å². The van der Waals surface area contributed by atoms with Crippen molar-refractivity contribution in [2.45, 2.75) is 6.54 Å². The van der Waals surface area contributed by atoms with E-state index in [0.29, 0.717) is 17.8 Å². The van der Waals surface area contributed by atoms with Crippen LogP contribution in [0.15, 0.2) is 18.2 Å². The number of nitrogen functional groups attached to an aromatic ring is 1. The molecule has 1 aliphatic heterocycles. The number of anilines is 1. The van der Waals surface area contributed by atoms with Crippen molar-refractivity contribution in [3.63, 3.8) is 0 Å². The van der Waals surface area contributed by atoms with E-state index in [0.717, 1.165) is 5.56 Å². The summed E-state index contributed by atoms with van der Waals surface area (Å²) in [6.07, 6.45) is 0. The van der Waals surface area contributed by atoms with Gasteiger partial charge in [-0.15, -0.1) is 0 Å². The molecule has 1 heterocycles. The van der Waals surface area contributed by atoms with Crippen LogP contribution in [-0.4, -0.2) is 18.1 Å². The largest absolute Gasteiger partial charge is 0.398 e. The maximum atomic E-state index is 11.6. The highest BCUT2D eigenvalue weighted by Gasteiger charge is 2.29. The van der Waals surface area contributed by atoms with Crippen LogP contribution in [0, 0.1) is 0 Å². The normalized spacial score (nSPS) is 14.8. The van der Waals surface area contributed by atoms with Crippen LogP contribution < -0.4 is 5.73 Å².